The molecular formula is C15H21N5O. The number of carbonyl (C=O) groups is 1. The summed E-state index contributed by atoms with van der Waals surface area (Å²) in [5.41, 5.74) is 0.795. The van der Waals surface area contributed by atoms with Crippen LogP contribution >= 0.6 is 0 Å². The SMILES string of the molecule is CC(NC(=O)[C@H]1CCN[C@@H](C)C1)c1nnc2ccccn12. The topological polar surface area (TPSA) is 71.3 Å². The lowest BCUT2D eigenvalue weighted by molar-refractivity contribution is -0.126. The first-order valence-corrected chi connectivity index (χ1v) is 7.48. The average molecular weight is 287 g/mol. The first-order chi connectivity index (χ1) is 10.1. The summed E-state index contributed by atoms with van der Waals surface area (Å²) in [5.74, 6) is 0.965. The van der Waals surface area contributed by atoms with Crippen LogP contribution in [0.4, 0.5) is 0 Å². The molecule has 0 saturated carbocycles. The highest BCUT2D eigenvalue weighted by molar-refractivity contribution is 5.79. The lowest BCUT2D eigenvalue weighted by atomic mass is 9.92. The largest absolute Gasteiger partial charge is 0.346 e. The van der Waals surface area contributed by atoms with E-state index in [4.69, 9.17) is 0 Å². The number of piperidine rings is 1. The molecule has 6 heteroatoms. The van der Waals surface area contributed by atoms with E-state index in [2.05, 4.69) is 27.8 Å². The predicted octanol–water partition coefficient (Wildman–Crippen LogP) is 1.29. The number of pyridine rings is 1. The Hall–Kier alpha value is -1.95. The molecule has 1 aliphatic rings. The number of hydrogen-bond acceptors (Lipinski definition) is 4. The van der Waals surface area contributed by atoms with Gasteiger partial charge in [-0.15, -0.1) is 10.2 Å². The molecule has 1 aliphatic heterocycles. The number of rotatable bonds is 3. The fraction of sp³-hybridized carbons (Fsp3) is 0.533. The first kappa shape index (κ1) is 14.0. The molecule has 2 aromatic heterocycles. The standard InChI is InChI=1S/C15H21N5O/c1-10-9-12(6-7-16-10)15(21)17-11(2)14-19-18-13-5-3-4-8-20(13)14/h3-5,8,10-12,16H,6-7,9H2,1-2H3,(H,17,21)/t10-,11?,12-/m0/s1. The number of amides is 1. The number of hydrogen-bond donors (Lipinski definition) is 2. The average Bonchev–Trinajstić information content (AvgIpc) is 2.91. The molecular weight excluding hydrogens is 266 g/mol. The summed E-state index contributed by atoms with van der Waals surface area (Å²) in [6.45, 7) is 4.97. The molecule has 0 aromatic carbocycles. The third kappa shape index (κ3) is 2.90. The summed E-state index contributed by atoms with van der Waals surface area (Å²) in [6, 6.07) is 6.01. The summed E-state index contributed by atoms with van der Waals surface area (Å²) < 4.78 is 1.91. The van der Waals surface area contributed by atoms with Crippen LogP contribution in [0.2, 0.25) is 0 Å². The highest BCUT2D eigenvalue weighted by atomic mass is 16.2. The van der Waals surface area contributed by atoms with Gasteiger partial charge in [0.15, 0.2) is 11.5 Å². The van der Waals surface area contributed by atoms with E-state index >= 15 is 0 Å². The van der Waals surface area contributed by atoms with Crippen molar-refractivity contribution >= 4 is 11.6 Å². The van der Waals surface area contributed by atoms with Crippen molar-refractivity contribution in [1.29, 1.82) is 0 Å². The zero-order valence-electron chi connectivity index (χ0n) is 12.4. The molecule has 21 heavy (non-hydrogen) atoms. The highest BCUT2D eigenvalue weighted by Crippen LogP contribution is 2.18. The summed E-state index contributed by atoms with van der Waals surface area (Å²) in [4.78, 5) is 12.4. The van der Waals surface area contributed by atoms with E-state index in [0.29, 0.717) is 6.04 Å². The molecule has 1 unspecified atom stereocenters. The van der Waals surface area contributed by atoms with Gasteiger partial charge in [0.25, 0.3) is 0 Å². The van der Waals surface area contributed by atoms with E-state index in [0.717, 1.165) is 30.9 Å². The Morgan fingerprint density at radius 3 is 3.14 bits per heavy atom. The Kier molecular flexibility index (Phi) is 3.88. The fourth-order valence-electron chi connectivity index (χ4n) is 2.92. The van der Waals surface area contributed by atoms with E-state index in [1.807, 2.05) is 35.7 Å². The van der Waals surface area contributed by atoms with Crippen molar-refractivity contribution in [2.75, 3.05) is 6.54 Å². The maximum Gasteiger partial charge on any atom is 0.223 e. The third-order valence-corrected chi connectivity index (χ3v) is 4.08. The second-order valence-corrected chi connectivity index (χ2v) is 5.79. The number of nitrogens with zero attached hydrogens (tertiary/aromatic N) is 3. The first-order valence-electron chi connectivity index (χ1n) is 7.48. The molecule has 0 spiro atoms. The van der Waals surface area contributed by atoms with Crippen molar-refractivity contribution < 1.29 is 4.79 Å². The molecule has 1 amide bonds. The van der Waals surface area contributed by atoms with Crippen LogP contribution in [-0.2, 0) is 4.79 Å². The van der Waals surface area contributed by atoms with Crippen molar-refractivity contribution in [3.05, 3.63) is 30.2 Å². The zero-order chi connectivity index (χ0) is 14.8. The van der Waals surface area contributed by atoms with Gasteiger partial charge in [-0.1, -0.05) is 6.07 Å². The van der Waals surface area contributed by atoms with Gasteiger partial charge < -0.3 is 10.6 Å². The van der Waals surface area contributed by atoms with Gasteiger partial charge in [0.05, 0.1) is 6.04 Å². The lowest BCUT2D eigenvalue weighted by Gasteiger charge is -2.28. The molecule has 0 bridgehead atoms. The smallest absolute Gasteiger partial charge is 0.223 e. The molecule has 2 N–H and O–H groups in total. The second kappa shape index (κ2) is 5.81. The minimum Gasteiger partial charge on any atom is -0.346 e. The Labute approximate surface area is 123 Å². The Morgan fingerprint density at radius 2 is 2.33 bits per heavy atom. The predicted molar refractivity (Wildman–Crippen MR) is 79.7 cm³/mol. The number of carbonyl (C=O) groups excluding carboxylic acids is 1. The van der Waals surface area contributed by atoms with Gasteiger partial charge in [-0.05, 0) is 45.4 Å². The summed E-state index contributed by atoms with van der Waals surface area (Å²) in [7, 11) is 0. The van der Waals surface area contributed by atoms with Gasteiger partial charge >= 0.3 is 0 Å². The van der Waals surface area contributed by atoms with Crippen molar-refractivity contribution in [2.24, 2.45) is 5.92 Å². The van der Waals surface area contributed by atoms with Crippen LogP contribution in [0.5, 0.6) is 0 Å². The Morgan fingerprint density at radius 1 is 1.48 bits per heavy atom. The summed E-state index contributed by atoms with van der Waals surface area (Å²) >= 11 is 0. The van der Waals surface area contributed by atoms with Gasteiger partial charge in [0.2, 0.25) is 5.91 Å². The molecule has 3 atom stereocenters. The fourth-order valence-corrected chi connectivity index (χ4v) is 2.92. The third-order valence-electron chi connectivity index (χ3n) is 4.08. The van der Waals surface area contributed by atoms with Crippen molar-refractivity contribution in [3.63, 3.8) is 0 Å². The van der Waals surface area contributed by atoms with Crippen molar-refractivity contribution in [2.45, 2.75) is 38.8 Å². The maximum atomic E-state index is 12.4. The maximum absolute atomic E-state index is 12.4. The van der Waals surface area contributed by atoms with Gasteiger partial charge in [0, 0.05) is 18.2 Å². The van der Waals surface area contributed by atoms with E-state index in [1.54, 1.807) is 0 Å². The van der Waals surface area contributed by atoms with E-state index in [9.17, 15) is 4.79 Å². The van der Waals surface area contributed by atoms with Crippen LogP contribution in [0.25, 0.3) is 5.65 Å². The molecule has 0 radical (unpaired) electrons. The highest BCUT2D eigenvalue weighted by Gasteiger charge is 2.26. The number of fused-ring (bicyclic) bond motifs is 1. The Bertz CT molecular complexity index is 638. The van der Waals surface area contributed by atoms with Gasteiger partial charge in [0.1, 0.15) is 0 Å². The van der Waals surface area contributed by atoms with Crippen LogP contribution in [0.3, 0.4) is 0 Å². The van der Waals surface area contributed by atoms with Gasteiger partial charge in [-0.2, -0.15) is 0 Å². The molecule has 6 nitrogen and oxygen atoms in total. The second-order valence-electron chi connectivity index (χ2n) is 5.79. The molecule has 2 aromatic rings. The summed E-state index contributed by atoms with van der Waals surface area (Å²) in [5, 5.41) is 14.8. The van der Waals surface area contributed by atoms with E-state index < -0.39 is 0 Å². The Balaban J connectivity index is 1.71. The molecule has 0 aliphatic carbocycles. The van der Waals surface area contributed by atoms with Crippen LogP contribution in [0.1, 0.15) is 38.6 Å². The zero-order valence-corrected chi connectivity index (χ0v) is 12.4. The lowest BCUT2D eigenvalue weighted by Crippen LogP contribution is -2.43. The number of nitrogens with one attached hydrogen (secondary N) is 2. The van der Waals surface area contributed by atoms with Crippen molar-refractivity contribution in [3.8, 4) is 0 Å². The van der Waals surface area contributed by atoms with Gasteiger partial charge in [-0.25, -0.2) is 0 Å². The quantitative estimate of drug-likeness (QED) is 0.892. The van der Waals surface area contributed by atoms with Crippen LogP contribution < -0.4 is 10.6 Å². The van der Waals surface area contributed by atoms with Crippen LogP contribution in [0.15, 0.2) is 24.4 Å². The normalized spacial score (nSPS) is 23.9. The minimum absolute atomic E-state index is 0.0860. The van der Waals surface area contributed by atoms with Crippen LogP contribution in [-0.4, -0.2) is 33.1 Å². The van der Waals surface area contributed by atoms with E-state index in [1.165, 1.54) is 0 Å². The minimum atomic E-state index is -0.153. The summed E-state index contributed by atoms with van der Waals surface area (Å²) in [6.07, 6.45) is 3.70. The van der Waals surface area contributed by atoms with Gasteiger partial charge in [-0.3, -0.25) is 9.20 Å². The van der Waals surface area contributed by atoms with Crippen LogP contribution in [0, 0.1) is 5.92 Å². The van der Waals surface area contributed by atoms with Crippen molar-refractivity contribution in [1.82, 2.24) is 25.2 Å². The number of aromatic nitrogens is 3. The molecule has 1 saturated heterocycles. The molecule has 3 rings (SSSR count). The molecule has 1 fully saturated rings. The molecule has 112 valence electrons. The molecule has 3 heterocycles. The monoisotopic (exact) mass is 287 g/mol. The van der Waals surface area contributed by atoms with E-state index in [-0.39, 0.29) is 17.9 Å².